The summed E-state index contributed by atoms with van der Waals surface area (Å²) in [5.41, 5.74) is 2.26. The smallest absolute Gasteiger partial charge is 0.358 e. The topological polar surface area (TPSA) is 56.3 Å². The molecule has 1 heterocycles. The summed E-state index contributed by atoms with van der Waals surface area (Å²) in [5.74, 6) is -0.0230. The van der Waals surface area contributed by atoms with Crippen molar-refractivity contribution in [2.45, 2.75) is 6.92 Å². The van der Waals surface area contributed by atoms with Crippen LogP contribution in [-0.4, -0.2) is 13.4 Å². The van der Waals surface area contributed by atoms with Gasteiger partial charge in [-0.05, 0) is 36.2 Å². The third-order valence-corrected chi connectivity index (χ3v) is 2.74. The van der Waals surface area contributed by atoms with Crippen molar-refractivity contribution in [1.29, 1.82) is 0 Å². The lowest BCUT2D eigenvalue weighted by Crippen LogP contribution is -2.02. The number of benzene rings is 1. The first kappa shape index (κ1) is 12.5. The lowest BCUT2D eigenvalue weighted by Gasteiger charge is -2.07. The SMILES string of the molecule is Cc1cc(-c2cccnc2)ccc1OS(=O)(=O)F. The Kier molecular flexibility index (Phi) is 3.29. The summed E-state index contributed by atoms with van der Waals surface area (Å²) < 4.78 is 37.4. The van der Waals surface area contributed by atoms with Crippen molar-refractivity contribution in [3.8, 4) is 16.9 Å². The van der Waals surface area contributed by atoms with Gasteiger partial charge in [-0.25, -0.2) is 0 Å². The Bertz CT molecular complexity index is 656. The molecule has 0 aliphatic heterocycles. The molecule has 0 aliphatic rings. The lowest BCUT2D eigenvalue weighted by atomic mass is 10.1. The van der Waals surface area contributed by atoms with E-state index in [1.54, 1.807) is 37.5 Å². The number of aromatic nitrogens is 1. The predicted molar refractivity (Wildman–Crippen MR) is 65.1 cm³/mol. The molecular weight excluding hydrogens is 257 g/mol. The van der Waals surface area contributed by atoms with E-state index in [9.17, 15) is 12.3 Å². The van der Waals surface area contributed by atoms with Gasteiger partial charge in [-0.2, -0.15) is 8.42 Å². The second kappa shape index (κ2) is 4.73. The fourth-order valence-electron chi connectivity index (χ4n) is 1.56. The van der Waals surface area contributed by atoms with E-state index in [2.05, 4.69) is 9.17 Å². The average molecular weight is 267 g/mol. The van der Waals surface area contributed by atoms with Crippen LogP contribution in [0.2, 0.25) is 0 Å². The first-order valence-corrected chi connectivity index (χ1v) is 6.42. The van der Waals surface area contributed by atoms with Crippen LogP contribution in [0.3, 0.4) is 0 Å². The van der Waals surface area contributed by atoms with Gasteiger partial charge in [0, 0.05) is 18.0 Å². The Balaban J connectivity index is 2.37. The van der Waals surface area contributed by atoms with Crippen molar-refractivity contribution in [2.24, 2.45) is 0 Å². The molecule has 2 rings (SSSR count). The fourth-order valence-corrected chi connectivity index (χ4v) is 1.96. The third-order valence-electron chi connectivity index (χ3n) is 2.36. The van der Waals surface area contributed by atoms with E-state index in [-0.39, 0.29) is 5.75 Å². The summed E-state index contributed by atoms with van der Waals surface area (Å²) in [7, 11) is -4.99. The monoisotopic (exact) mass is 267 g/mol. The van der Waals surface area contributed by atoms with E-state index >= 15 is 0 Å². The number of aryl methyl sites for hydroxylation is 1. The summed E-state index contributed by atoms with van der Waals surface area (Å²) >= 11 is 0. The van der Waals surface area contributed by atoms with E-state index in [0.29, 0.717) is 5.56 Å². The molecule has 2 aromatic rings. The molecule has 0 unspecified atom stereocenters. The van der Waals surface area contributed by atoms with Crippen molar-refractivity contribution >= 4 is 10.5 Å². The molecule has 0 atom stereocenters. The van der Waals surface area contributed by atoms with Crippen molar-refractivity contribution < 1.29 is 16.5 Å². The van der Waals surface area contributed by atoms with E-state index in [4.69, 9.17) is 0 Å². The Morgan fingerprint density at radius 3 is 2.56 bits per heavy atom. The lowest BCUT2D eigenvalue weighted by molar-refractivity contribution is 0.438. The molecule has 4 nitrogen and oxygen atoms in total. The number of pyridine rings is 1. The molecule has 0 saturated heterocycles. The van der Waals surface area contributed by atoms with Gasteiger partial charge in [0.1, 0.15) is 5.75 Å². The molecule has 18 heavy (non-hydrogen) atoms. The van der Waals surface area contributed by atoms with Gasteiger partial charge in [-0.3, -0.25) is 4.98 Å². The zero-order valence-corrected chi connectivity index (χ0v) is 10.3. The fraction of sp³-hybridized carbons (Fsp3) is 0.0833. The Morgan fingerprint density at radius 2 is 2.00 bits per heavy atom. The normalized spacial score (nSPS) is 11.2. The molecule has 0 saturated carbocycles. The van der Waals surface area contributed by atoms with Gasteiger partial charge in [-0.15, -0.1) is 0 Å². The third kappa shape index (κ3) is 3.04. The predicted octanol–water partition coefficient (Wildman–Crippen LogP) is 2.65. The van der Waals surface area contributed by atoms with E-state index in [1.165, 1.54) is 6.07 Å². The minimum atomic E-state index is -4.99. The summed E-state index contributed by atoms with van der Waals surface area (Å²) in [6.45, 7) is 1.64. The van der Waals surface area contributed by atoms with Crippen molar-refractivity contribution in [3.05, 3.63) is 48.3 Å². The molecule has 0 radical (unpaired) electrons. The van der Waals surface area contributed by atoms with Crippen molar-refractivity contribution in [2.75, 3.05) is 0 Å². The molecule has 0 fully saturated rings. The van der Waals surface area contributed by atoms with Gasteiger partial charge in [0.25, 0.3) is 0 Å². The van der Waals surface area contributed by atoms with Crippen LogP contribution in [-0.2, 0) is 10.5 Å². The molecule has 0 amide bonds. The van der Waals surface area contributed by atoms with Crippen LogP contribution in [0.4, 0.5) is 3.89 Å². The van der Waals surface area contributed by atoms with Gasteiger partial charge in [0.15, 0.2) is 0 Å². The van der Waals surface area contributed by atoms with Gasteiger partial charge in [0.2, 0.25) is 0 Å². The van der Waals surface area contributed by atoms with Crippen LogP contribution in [0.15, 0.2) is 42.7 Å². The van der Waals surface area contributed by atoms with Crippen LogP contribution >= 0.6 is 0 Å². The van der Waals surface area contributed by atoms with Crippen LogP contribution in [0, 0.1) is 6.92 Å². The largest absolute Gasteiger partial charge is 0.488 e. The average Bonchev–Trinajstić information content (AvgIpc) is 2.31. The molecular formula is C12H10FNO3S. The van der Waals surface area contributed by atoms with Crippen LogP contribution < -0.4 is 4.18 Å². The molecule has 6 heteroatoms. The number of hydrogen-bond donors (Lipinski definition) is 0. The zero-order chi connectivity index (χ0) is 13.2. The van der Waals surface area contributed by atoms with Crippen molar-refractivity contribution in [3.63, 3.8) is 0 Å². The van der Waals surface area contributed by atoms with Gasteiger partial charge < -0.3 is 4.18 Å². The highest BCUT2D eigenvalue weighted by Gasteiger charge is 2.12. The summed E-state index contributed by atoms with van der Waals surface area (Å²) in [6, 6.07) is 8.42. The van der Waals surface area contributed by atoms with E-state index in [0.717, 1.165) is 11.1 Å². The summed E-state index contributed by atoms with van der Waals surface area (Å²) in [4.78, 5) is 3.99. The Morgan fingerprint density at radius 1 is 1.22 bits per heavy atom. The quantitative estimate of drug-likeness (QED) is 0.802. The summed E-state index contributed by atoms with van der Waals surface area (Å²) in [6.07, 6.45) is 3.34. The van der Waals surface area contributed by atoms with Gasteiger partial charge in [0.05, 0.1) is 0 Å². The first-order valence-electron chi connectivity index (χ1n) is 5.11. The summed E-state index contributed by atoms with van der Waals surface area (Å²) in [5, 5.41) is 0. The van der Waals surface area contributed by atoms with E-state index < -0.39 is 10.5 Å². The van der Waals surface area contributed by atoms with Crippen molar-refractivity contribution in [1.82, 2.24) is 4.98 Å². The van der Waals surface area contributed by atoms with Gasteiger partial charge >= 0.3 is 10.5 Å². The zero-order valence-electron chi connectivity index (χ0n) is 9.50. The number of hydrogen-bond acceptors (Lipinski definition) is 4. The van der Waals surface area contributed by atoms with Crippen LogP contribution in [0.1, 0.15) is 5.56 Å². The highest BCUT2D eigenvalue weighted by molar-refractivity contribution is 7.81. The number of rotatable bonds is 3. The molecule has 0 aliphatic carbocycles. The highest BCUT2D eigenvalue weighted by atomic mass is 32.3. The van der Waals surface area contributed by atoms with Gasteiger partial charge in [-0.1, -0.05) is 16.0 Å². The molecule has 0 bridgehead atoms. The standard InChI is InChI=1S/C12H10FNO3S/c1-9-7-10(11-3-2-6-14-8-11)4-5-12(9)17-18(13,15)16/h2-8H,1H3. The van der Waals surface area contributed by atoms with Crippen LogP contribution in [0.25, 0.3) is 11.1 Å². The second-order valence-corrected chi connectivity index (χ2v) is 4.65. The molecule has 0 spiro atoms. The molecule has 1 aromatic carbocycles. The Labute approximate surface area is 104 Å². The van der Waals surface area contributed by atoms with E-state index in [1.807, 2.05) is 6.07 Å². The Hall–Kier alpha value is -1.95. The molecule has 94 valence electrons. The second-order valence-electron chi connectivity index (χ2n) is 3.70. The maximum absolute atomic E-state index is 12.4. The van der Waals surface area contributed by atoms with Crippen LogP contribution in [0.5, 0.6) is 5.75 Å². The minimum absolute atomic E-state index is 0.0230. The highest BCUT2D eigenvalue weighted by Crippen LogP contribution is 2.26. The molecule has 1 aromatic heterocycles. The first-order chi connectivity index (χ1) is 8.46. The maximum Gasteiger partial charge on any atom is 0.488 e. The maximum atomic E-state index is 12.4. The number of halogens is 1. The number of nitrogens with zero attached hydrogens (tertiary/aromatic N) is 1. The molecule has 0 N–H and O–H groups in total. The minimum Gasteiger partial charge on any atom is -0.358 e.